The number of benzene rings is 1. The zero-order valence-corrected chi connectivity index (χ0v) is 13.4. The molecule has 0 unspecified atom stereocenters. The van der Waals surface area contributed by atoms with Crippen LogP contribution < -0.4 is 5.32 Å². The Morgan fingerprint density at radius 2 is 1.92 bits per heavy atom. The van der Waals surface area contributed by atoms with E-state index >= 15 is 0 Å². The van der Waals surface area contributed by atoms with Crippen LogP contribution in [0, 0.1) is 6.92 Å². The van der Waals surface area contributed by atoms with Gasteiger partial charge in [-0.25, -0.2) is 4.98 Å². The summed E-state index contributed by atoms with van der Waals surface area (Å²) >= 11 is 0. The van der Waals surface area contributed by atoms with E-state index in [4.69, 9.17) is 9.40 Å². The normalized spacial score (nSPS) is 14.5. The van der Waals surface area contributed by atoms with E-state index in [1.165, 1.54) is 5.57 Å². The van der Waals surface area contributed by atoms with Crippen molar-refractivity contribution < 1.29 is 4.42 Å². The Hall–Kier alpha value is -2.86. The van der Waals surface area contributed by atoms with Crippen LogP contribution in [-0.2, 0) is 0 Å². The highest BCUT2D eigenvalue weighted by Crippen LogP contribution is 2.26. The van der Waals surface area contributed by atoms with Crippen molar-refractivity contribution in [2.45, 2.75) is 13.3 Å². The number of nitrogens with one attached hydrogen (secondary N) is 1. The van der Waals surface area contributed by atoms with Gasteiger partial charge in [-0.05, 0) is 37.6 Å². The quantitative estimate of drug-likeness (QED) is 0.800. The molecule has 1 aliphatic heterocycles. The Morgan fingerprint density at radius 3 is 2.71 bits per heavy atom. The summed E-state index contributed by atoms with van der Waals surface area (Å²) in [5.74, 6) is 0.883. The Balaban J connectivity index is 1.71. The first kappa shape index (κ1) is 14.7. The van der Waals surface area contributed by atoms with E-state index in [0.29, 0.717) is 17.5 Å². The van der Waals surface area contributed by atoms with Crippen LogP contribution in [0.4, 0.5) is 0 Å². The number of hydrogen-bond acceptors (Lipinski definition) is 6. The minimum atomic E-state index is 0.398. The van der Waals surface area contributed by atoms with Gasteiger partial charge in [0.05, 0.1) is 17.6 Å². The lowest BCUT2D eigenvalue weighted by atomic mass is 10.1. The molecule has 0 amide bonds. The van der Waals surface area contributed by atoms with Gasteiger partial charge in [0.15, 0.2) is 0 Å². The summed E-state index contributed by atoms with van der Waals surface area (Å²) in [6.45, 7) is 3.71. The van der Waals surface area contributed by atoms with Crippen LogP contribution >= 0.6 is 0 Å². The zero-order valence-electron chi connectivity index (χ0n) is 13.4. The van der Waals surface area contributed by atoms with Crippen molar-refractivity contribution in [2.75, 3.05) is 13.1 Å². The summed E-state index contributed by atoms with van der Waals surface area (Å²) in [4.78, 5) is 9.18. The molecule has 0 spiro atoms. The zero-order chi connectivity index (χ0) is 16.4. The van der Waals surface area contributed by atoms with Gasteiger partial charge in [-0.15, -0.1) is 10.2 Å². The van der Waals surface area contributed by atoms with E-state index < -0.39 is 0 Å². The molecule has 0 saturated heterocycles. The third-order valence-corrected chi connectivity index (χ3v) is 4.00. The number of rotatable bonds is 3. The molecule has 0 bridgehead atoms. The van der Waals surface area contributed by atoms with Crippen molar-refractivity contribution in [3.05, 3.63) is 54.0 Å². The van der Waals surface area contributed by atoms with Crippen LogP contribution in [0.25, 0.3) is 28.6 Å². The highest BCUT2D eigenvalue weighted by molar-refractivity contribution is 5.65. The summed E-state index contributed by atoms with van der Waals surface area (Å²) in [5.41, 5.74) is 4.37. The SMILES string of the molecule is Cc1ncc(C2=CCNCC2)nc1-c1nnc(-c2ccccc2)o1. The monoisotopic (exact) mass is 319 g/mol. The van der Waals surface area contributed by atoms with Crippen molar-refractivity contribution in [1.29, 1.82) is 0 Å². The largest absolute Gasteiger partial charge is 0.415 e. The minimum Gasteiger partial charge on any atom is -0.415 e. The van der Waals surface area contributed by atoms with E-state index in [1.807, 2.05) is 43.5 Å². The smallest absolute Gasteiger partial charge is 0.268 e. The maximum Gasteiger partial charge on any atom is 0.268 e. The lowest BCUT2D eigenvalue weighted by Gasteiger charge is -2.13. The molecule has 120 valence electrons. The van der Waals surface area contributed by atoms with Crippen molar-refractivity contribution in [3.63, 3.8) is 0 Å². The summed E-state index contributed by atoms with van der Waals surface area (Å²) < 4.78 is 5.82. The standard InChI is InChI=1S/C18H17N5O/c1-12-16(21-15(11-20-12)13-7-9-19-10-8-13)18-23-22-17(24-18)14-5-3-2-4-6-14/h2-7,11,19H,8-10H2,1H3. The minimum absolute atomic E-state index is 0.398. The first-order valence-electron chi connectivity index (χ1n) is 7.94. The molecule has 0 radical (unpaired) electrons. The van der Waals surface area contributed by atoms with Gasteiger partial charge in [-0.2, -0.15) is 0 Å². The van der Waals surface area contributed by atoms with Gasteiger partial charge in [0.1, 0.15) is 5.69 Å². The number of aryl methyl sites for hydroxylation is 1. The van der Waals surface area contributed by atoms with Crippen LogP contribution in [0.2, 0.25) is 0 Å². The third kappa shape index (κ3) is 2.83. The van der Waals surface area contributed by atoms with Gasteiger partial charge in [-0.3, -0.25) is 4.98 Å². The second-order valence-electron chi connectivity index (χ2n) is 5.65. The van der Waals surface area contributed by atoms with E-state index in [-0.39, 0.29) is 0 Å². The van der Waals surface area contributed by atoms with Crippen LogP contribution in [0.3, 0.4) is 0 Å². The number of nitrogens with zero attached hydrogens (tertiary/aromatic N) is 4. The number of aromatic nitrogens is 4. The van der Waals surface area contributed by atoms with Gasteiger partial charge in [-0.1, -0.05) is 24.3 Å². The predicted molar refractivity (Wildman–Crippen MR) is 91.0 cm³/mol. The summed E-state index contributed by atoms with van der Waals surface area (Å²) in [5, 5.41) is 11.6. The maximum absolute atomic E-state index is 5.82. The topological polar surface area (TPSA) is 76.7 Å². The molecule has 6 nitrogen and oxygen atoms in total. The Morgan fingerprint density at radius 1 is 1.08 bits per heavy atom. The molecule has 0 aliphatic carbocycles. The fraction of sp³-hybridized carbons (Fsp3) is 0.222. The Kier molecular flexibility index (Phi) is 3.88. The molecule has 0 saturated carbocycles. The molecule has 0 atom stereocenters. The highest BCUT2D eigenvalue weighted by atomic mass is 16.4. The van der Waals surface area contributed by atoms with Crippen LogP contribution in [0.5, 0.6) is 0 Å². The molecule has 3 aromatic rings. The fourth-order valence-corrected chi connectivity index (χ4v) is 2.68. The third-order valence-electron chi connectivity index (χ3n) is 4.00. The van der Waals surface area contributed by atoms with Crippen molar-refractivity contribution in [2.24, 2.45) is 0 Å². The van der Waals surface area contributed by atoms with Crippen molar-refractivity contribution >= 4 is 5.57 Å². The summed E-state index contributed by atoms with van der Waals surface area (Å²) in [7, 11) is 0. The molecule has 3 heterocycles. The molecular formula is C18H17N5O. The maximum atomic E-state index is 5.82. The van der Waals surface area contributed by atoms with Gasteiger partial charge >= 0.3 is 0 Å². The van der Waals surface area contributed by atoms with E-state index in [2.05, 4.69) is 26.6 Å². The average Bonchev–Trinajstić information content (AvgIpc) is 3.13. The second-order valence-corrected chi connectivity index (χ2v) is 5.65. The fourth-order valence-electron chi connectivity index (χ4n) is 2.68. The molecule has 24 heavy (non-hydrogen) atoms. The van der Waals surface area contributed by atoms with Gasteiger partial charge < -0.3 is 9.73 Å². The molecule has 1 aromatic carbocycles. The lowest BCUT2D eigenvalue weighted by molar-refractivity contribution is 0.581. The molecule has 2 aromatic heterocycles. The van der Waals surface area contributed by atoms with Gasteiger partial charge in [0, 0.05) is 12.1 Å². The molecule has 0 fully saturated rings. The van der Waals surface area contributed by atoms with Gasteiger partial charge in [0.25, 0.3) is 5.89 Å². The molecule has 1 aliphatic rings. The van der Waals surface area contributed by atoms with E-state index in [9.17, 15) is 0 Å². The van der Waals surface area contributed by atoms with Gasteiger partial charge in [0.2, 0.25) is 5.89 Å². The average molecular weight is 319 g/mol. The van der Waals surface area contributed by atoms with E-state index in [0.717, 1.165) is 36.5 Å². The summed E-state index contributed by atoms with van der Waals surface area (Å²) in [6, 6.07) is 9.70. The number of hydrogen-bond donors (Lipinski definition) is 1. The highest BCUT2D eigenvalue weighted by Gasteiger charge is 2.17. The van der Waals surface area contributed by atoms with Crippen molar-refractivity contribution in [3.8, 4) is 23.0 Å². The van der Waals surface area contributed by atoms with Crippen LogP contribution in [-0.4, -0.2) is 33.3 Å². The molecule has 6 heteroatoms. The molecule has 1 N–H and O–H groups in total. The van der Waals surface area contributed by atoms with Crippen molar-refractivity contribution in [1.82, 2.24) is 25.5 Å². The Bertz CT molecular complexity index is 885. The molecule has 4 rings (SSSR count). The van der Waals surface area contributed by atoms with E-state index in [1.54, 1.807) is 0 Å². The second kappa shape index (κ2) is 6.33. The van der Waals surface area contributed by atoms with Crippen LogP contribution in [0.1, 0.15) is 17.8 Å². The van der Waals surface area contributed by atoms with Crippen LogP contribution in [0.15, 0.2) is 47.0 Å². The molecular weight excluding hydrogens is 302 g/mol. The Labute approximate surface area is 139 Å². The summed E-state index contributed by atoms with van der Waals surface area (Å²) in [6.07, 6.45) is 4.90. The first-order chi connectivity index (χ1) is 11.8. The predicted octanol–water partition coefficient (Wildman–Crippen LogP) is 2.88. The lowest BCUT2D eigenvalue weighted by Crippen LogP contribution is -2.20. The first-order valence-corrected chi connectivity index (χ1v) is 7.94.